The predicted octanol–water partition coefficient (Wildman–Crippen LogP) is 1.41. The second-order valence-corrected chi connectivity index (χ2v) is 5.23. The first kappa shape index (κ1) is 16.3. The fraction of sp³-hybridized carbons (Fsp3) is 0.500. The highest BCUT2D eigenvalue weighted by Crippen LogP contribution is 2.16. The number of ether oxygens (including phenoxy) is 2. The molecule has 1 aromatic carbocycles. The molecular formula is C16H21NO5. The Morgan fingerprint density at radius 1 is 1.23 bits per heavy atom. The summed E-state index contributed by atoms with van der Waals surface area (Å²) in [5.41, 5.74) is 0. The minimum atomic E-state index is -0.838. The van der Waals surface area contributed by atoms with Gasteiger partial charge in [0.2, 0.25) is 5.91 Å². The summed E-state index contributed by atoms with van der Waals surface area (Å²) >= 11 is 0. The highest BCUT2D eigenvalue weighted by Gasteiger charge is 2.27. The second kappa shape index (κ2) is 8.38. The van der Waals surface area contributed by atoms with Gasteiger partial charge in [-0.2, -0.15) is 0 Å². The minimum Gasteiger partial charge on any atom is -0.491 e. The minimum absolute atomic E-state index is 0.0372. The van der Waals surface area contributed by atoms with Gasteiger partial charge in [0.15, 0.2) is 0 Å². The van der Waals surface area contributed by atoms with E-state index in [-0.39, 0.29) is 19.1 Å². The lowest BCUT2D eigenvalue weighted by atomic mass is 9.98. The molecule has 6 nitrogen and oxygen atoms in total. The number of hydrogen-bond acceptors (Lipinski definition) is 4. The number of carbonyl (C=O) groups excluding carboxylic acids is 1. The topological polar surface area (TPSA) is 76.1 Å². The molecule has 1 atom stereocenters. The highest BCUT2D eigenvalue weighted by molar-refractivity contribution is 5.79. The standard InChI is InChI=1S/C16H21NO5/c18-15(17-8-4-5-13(11-17)16(19)20)12-21-9-10-22-14-6-2-1-3-7-14/h1-3,6-7,13H,4-5,8-12H2,(H,19,20)/t13-/m1/s1. The number of carboxylic acids is 1. The van der Waals surface area contributed by atoms with Crippen molar-refractivity contribution in [3.8, 4) is 5.75 Å². The lowest BCUT2D eigenvalue weighted by Gasteiger charge is -2.30. The van der Waals surface area contributed by atoms with E-state index in [0.717, 1.165) is 12.2 Å². The average Bonchev–Trinajstić information content (AvgIpc) is 2.55. The second-order valence-electron chi connectivity index (χ2n) is 5.23. The first-order chi connectivity index (χ1) is 10.7. The van der Waals surface area contributed by atoms with Crippen LogP contribution in [0.3, 0.4) is 0 Å². The molecule has 1 aliphatic rings. The van der Waals surface area contributed by atoms with E-state index in [1.807, 2.05) is 30.3 Å². The number of rotatable bonds is 7. The molecule has 1 fully saturated rings. The molecule has 0 saturated carbocycles. The normalized spacial score (nSPS) is 18.0. The van der Waals surface area contributed by atoms with Crippen molar-refractivity contribution in [3.05, 3.63) is 30.3 Å². The quantitative estimate of drug-likeness (QED) is 0.771. The van der Waals surface area contributed by atoms with Gasteiger partial charge in [0.25, 0.3) is 0 Å². The Hall–Kier alpha value is -2.08. The lowest BCUT2D eigenvalue weighted by Crippen LogP contribution is -2.43. The van der Waals surface area contributed by atoms with E-state index in [0.29, 0.717) is 26.2 Å². The summed E-state index contributed by atoms with van der Waals surface area (Å²) in [6.45, 7) is 1.53. The third kappa shape index (κ3) is 5.04. The summed E-state index contributed by atoms with van der Waals surface area (Å²) in [6.07, 6.45) is 1.35. The van der Waals surface area contributed by atoms with Crippen molar-refractivity contribution in [1.82, 2.24) is 4.90 Å². The molecule has 0 radical (unpaired) electrons. The van der Waals surface area contributed by atoms with Crippen molar-refractivity contribution in [2.24, 2.45) is 5.92 Å². The summed E-state index contributed by atoms with van der Waals surface area (Å²) in [7, 11) is 0. The van der Waals surface area contributed by atoms with E-state index < -0.39 is 11.9 Å². The Kier molecular flexibility index (Phi) is 6.21. The molecule has 1 aliphatic heterocycles. The number of carbonyl (C=O) groups is 2. The third-order valence-electron chi connectivity index (χ3n) is 3.59. The van der Waals surface area contributed by atoms with E-state index in [1.165, 1.54) is 0 Å². The van der Waals surface area contributed by atoms with Gasteiger partial charge in [-0.15, -0.1) is 0 Å². The van der Waals surface area contributed by atoms with Gasteiger partial charge < -0.3 is 19.5 Å². The molecule has 0 unspecified atom stereocenters. The van der Waals surface area contributed by atoms with Gasteiger partial charge in [-0.3, -0.25) is 9.59 Å². The van der Waals surface area contributed by atoms with E-state index in [9.17, 15) is 9.59 Å². The molecule has 1 saturated heterocycles. The van der Waals surface area contributed by atoms with Crippen molar-refractivity contribution in [2.45, 2.75) is 12.8 Å². The van der Waals surface area contributed by atoms with Crippen molar-refractivity contribution < 1.29 is 24.2 Å². The van der Waals surface area contributed by atoms with E-state index >= 15 is 0 Å². The van der Waals surface area contributed by atoms with E-state index in [2.05, 4.69) is 0 Å². The molecule has 1 N–H and O–H groups in total. The zero-order valence-electron chi connectivity index (χ0n) is 12.4. The number of nitrogens with zero attached hydrogens (tertiary/aromatic N) is 1. The van der Waals surface area contributed by atoms with Crippen LogP contribution in [0.5, 0.6) is 5.75 Å². The van der Waals surface area contributed by atoms with Crippen LogP contribution in [-0.4, -0.2) is 54.8 Å². The van der Waals surface area contributed by atoms with Crippen LogP contribution in [0.1, 0.15) is 12.8 Å². The van der Waals surface area contributed by atoms with Crippen molar-refractivity contribution in [2.75, 3.05) is 32.9 Å². The monoisotopic (exact) mass is 307 g/mol. The maximum atomic E-state index is 12.0. The SMILES string of the molecule is O=C(O)[C@@H]1CCCN(C(=O)COCCOc2ccccc2)C1. The number of benzene rings is 1. The van der Waals surface area contributed by atoms with Crippen LogP contribution in [0, 0.1) is 5.92 Å². The molecule has 2 rings (SSSR count). The Bertz CT molecular complexity index is 491. The molecule has 6 heteroatoms. The fourth-order valence-electron chi connectivity index (χ4n) is 2.39. The van der Waals surface area contributed by atoms with E-state index in [1.54, 1.807) is 4.90 Å². The molecule has 0 aromatic heterocycles. The Balaban J connectivity index is 1.62. The first-order valence-electron chi connectivity index (χ1n) is 7.43. The zero-order valence-corrected chi connectivity index (χ0v) is 12.4. The summed E-state index contributed by atoms with van der Waals surface area (Å²) in [5, 5.41) is 9.01. The third-order valence-corrected chi connectivity index (χ3v) is 3.59. The summed E-state index contributed by atoms with van der Waals surface area (Å²) in [6, 6.07) is 9.38. The van der Waals surface area contributed by atoms with E-state index in [4.69, 9.17) is 14.6 Å². The van der Waals surface area contributed by atoms with Gasteiger partial charge in [-0.25, -0.2) is 0 Å². The molecule has 1 aromatic rings. The van der Waals surface area contributed by atoms with Crippen LogP contribution in [0.15, 0.2) is 30.3 Å². The number of hydrogen-bond donors (Lipinski definition) is 1. The molecule has 1 amide bonds. The number of para-hydroxylation sites is 1. The smallest absolute Gasteiger partial charge is 0.308 e. The van der Waals surface area contributed by atoms with Crippen LogP contribution in [0.2, 0.25) is 0 Å². The van der Waals surface area contributed by atoms with Crippen LogP contribution < -0.4 is 4.74 Å². The summed E-state index contributed by atoms with van der Waals surface area (Å²) < 4.78 is 10.8. The molecular weight excluding hydrogens is 286 g/mol. The van der Waals surface area contributed by atoms with Gasteiger partial charge in [0, 0.05) is 13.1 Å². The maximum Gasteiger partial charge on any atom is 0.308 e. The Labute approximate surface area is 129 Å². The molecule has 0 spiro atoms. The molecule has 1 heterocycles. The summed E-state index contributed by atoms with van der Waals surface area (Å²) in [4.78, 5) is 24.5. The van der Waals surface area contributed by atoms with Gasteiger partial charge >= 0.3 is 5.97 Å². The molecule has 22 heavy (non-hydrogen) atoms. The summed E-state index contributed by atoms with van der Waals surface area (Å²) in [5.74, 6) is -0.697. The van der Waals surface area contributed by atoms with Crippen LogP contribution in [0.25, 0.3) is 0 Å². The highest BCUT2D eigenvalue weighted by atomic mass is 16.5. The largest absolute Gasteiger partial charge is 0.491 e. The Morgan fingerprint density at radius 3 is 2.73 bits per heavy atom. The predicted molar refractivity (Wildman–Crippen MR) is 79.7 cm³/mol. The van der Waals surface area contributed by atoms with Gasteiger partial charge in [-0.05, 0) is 25.0 Å². The number of amides is 1. The van der Waals surface area contributed by atoms with Crippen molar-refractivity contribution in [3.63, 3.8) is 0 Å². The van der Waals surface area contributed by atoms with Gasteiger partial charge in [0.05, 0.1) is 12.5 Å². The number of carboxylic acid groups (broad SMARTS) is 1. The lowest BCUT2D eigenvalue weighted by molar-refractivity contribution is -0.147. The molecule has 0 bridgehead atoms. The van der Waals surface area contributed by atoms with Crippen LogP contribution in [0.4, 0.5) is 0 Å². The van der Waals surface area contributed by atoms with Gasteiger partial charge in [0.1, 0.15) is 19.0 Å². The van der Waals surface area contributed by atoms with Crippen molar-refractivity contribution >= 4 is 11.9 Å². The number of likely N-dealkylation sites (tertiary alicyclic amines) is 1. The number of piperidine rings is 1. The van der Waals surface area contributed by atoms with Crippen LogP contribution >= 0.6 is 0 Å². The van der Waals surface area contributed by atoms with Gasteiger partial charge in [-0.1, -0.05) is 18.2 Å². The average molecular weight is 307 g/mol. The van der Waals surface area contributed by atoms with Crippen molar-refractivity contribution in [1.29, 1.82) is 0 Å². The molecule has 0 aliphatic carbocycles. The first-order valence-corrected chi connectivity index (χ1v) is 7.43. The fourth-order valence-corrected chi connectivity index (χ4v) is 2.39. The maximum absolute atomic E-state index is 12.0. The Morgan fingerprint density at radius 2 is 2.00 bits per heavy atom. The van der Waals surface area contributed by atoms with Crippen LogP contribution in [-0.2, 0) is 14.3 Å². The molecule has 120 valence electrons. The number of aliphatic carboxylic acids is 1. The zero-order chi connectivity index (χ0) is 15.8.